The van der Waals surface area contributed by atoms with Crippen molar-refractivity contribution in [2.24, 2.45) is 0 Å². The van der Waals surface area contributed by atoms with Gasteiger partial charge in [-0.2, -0.15) is 0 Å². The first-order valence-corrected chi connectivity index (χ1v) is 10.8. The van der Waals surface area contributed by atoms with Gasteiger partial charge in [-0.25, -0.2) is 4.79 Å². The SMILES string of the molecule is Cc1cc(OCC(=O)NC2CCN(C(=O)CNC(=O)OC(C)(C)C)CC2)cc(C)c1Cl. The van der Waals surface area contributed by atoms with Crippen LogP contribution in [-0.4, -0.2) is 60.7 Å². The number of amides is 3. The molecule has 0 radical (unpaired) electrons. The van der Waals surface area contributed by atoms with Crippen molar-refractivity contribution in [1.82, 2.24) is 15.5 Å². The quantitative estimate of drug-likeness (QED) is 0.690. The van der Waals surface area contributed by atoms with Crippen LogP contribution in [0.15, 0.2) is 12.1 Å². The number of halogens is 1. The van der Waals surface area contributed by atoms with Gasteiger partial charge in [-0.1, -0.05) is 11.6 Å². The highest BCUT2D eigenvalue weighted by atomic mass is 35.5. The van der Waals surface area contributed by atoms with E-state index < -0.39 is 11.7 Å². The van der Waals surface area contributed by atoms with E-state index in [9.17, 15) is 14.4 Å². The predicted molar refractivity (Wildman–Crippen MR) is 118 cm³/mol. The van der Waals surface area contributed by atoms with Gasteiger partial charge in [0.15, 0.2) is 6.61 Å². The van der Waals surface area contributed by atoms with Crippen molar-refractivity contribution >= 4 is 29.5 Å². The molecule has 1 aromatic carbocycles. The standard InChI is InChI=1S/C22H32ClN3O5/c1-14-10-17(11-15(2)20(14)23)30-13-18(27)25-16-6-8-26(9-7-16)19(28)12-24-21(29)31-22(3,4)5/h10-11,16H,6-9,12-13H2,1-5H3,(H,24,29)(H,25,27). The zero-order valence-corrected chi connectivity index (χ0v) is 19.6. The summed E-state index contributed by atoms with van der Waals surface area (Å²) in [7, 11) is 0. The maximum atomic E-state index is 12.3. The molecular formula is C22H32ClN3O5. The van der Waals surface area contributed by atoms with Crippen LogP contribution in [0.25, 0.3) is 0 Å². The number of carbonyl (C=O) groups is 3. The molecule has 1 saturated heterocycles. The van der Waals surface area contributed by atoms with Crippen LogP contribution < -0.4 is 15.4 Å². The van der Waals surface area contributed by atoms with E-state index in [-0.39, 0.29) is 31.0 Å². The number of alkyl carbamates (subject to hydrolysis) is 1. The number of hydrogen-bond acceptors (Lipinski definition) is 5. The number of carbonyl (C=O) groups excluding carboxylic acids is 3. The highest BCUT2D eigenvalue weighted by Gasteiger charge is 2.25. The lowest BCUT2D eigenvalue weighted by Gasteiger charge is -2.32. The molecule has 1 aliphatic heterocycles. The third kappa shape index (κ3) is 8.28. The van der Waals surface area contributed by atoms with Crippen molar-refractivity contribution in [2.75, 3.05) is 26.2 Å². The Balaban J connectivity index is 1.69. The molecular weight excluding hydrogens is 422 g/mol. The zero-order valence-electron chi connectivity index (χ0n) is 18.8. The Morgan fingerprint density at radius 3 is 2.26 bits per heavy atom. The molecule has 31 heavy (non-hydrogen) atoms. The summed E-state index contributed by atoms with van der Waals surface area (Å²) >= 11 is 6.15. The van der Waals surface area contributed by atoms with E-state index >= 15 is 0 Å². The molecule has 8 nitrogen and oxygen atoms in total. The molecule has 1 aliphatic rings. The van der Waals surface area contributed by atoms with E-state index in [1.807, 2.05) is 13.8 Å². The first-order chi connectivity index (χ1) is 14.4. The molecule has 1 aromatic rings. The van der Waals surface area contributed by atoms with Gasteiger partial charge in [0.05, 0.1) is 0 Å². The Labute approximate surface area is 188 Å². The number of rotatable bonds is 6. The largest absolute Gasteiger partial charge is 0.484 e. The first-order valence-electron chi connectivity index (χ1n) is 10.4. The summed E-state index contributed by atoms with van der Waals surface area (Å²) in [6.07, 6.45) is 0.667. The lowest BCUT2D eigenvalue weighted by molar-refractivity contribution is -0.131. The molecule has 1 fully saturated rings. The molecule has 0 saturated carbocycles. The molecule has 9 heteroatoms. The van der Waals surface area contributed by atoms with Gasteiger partial charge in [0, 0.05) is 24.2 Å². The molecule has 1 heterocycles. The molecule has 2 rings (SSSR count). The van der Waals surface area contributed by atoms with Crippen LogP contribution in [0.4, 0.5) is 4.79 Å². The predicted octanol–water partition coefficient (Wildman–Crippen LogP) is 2.97. The highest BCUT2D eigenvalue weighted by Crippen LogP contribution is 2.25. The van der Waals surface area contributed by atoms with E-state index in [1.54, 1.807) is 37.8 Å². The minimum atomic E-state index is -0.617. The minimum absolute atomic E-state index is 0.0207. The van der Waals surface area contributed by atoms with E-state index in [1.165, 1.54) is 0 Å². The smallest absolute Gasteiger partial charge is 0.408 e. The van der Waals surface area contributed by atoms with Crippen molar-refractivity contribution in [1.29, 1.82) is 0 Å². The van der Waals surface area contributed by atoms with Crippen molar-refractivity contribution in [3.8, 4) is 5.75 Å². The van der Waals surface area contributed by atoms with Gasteiger partial charge in [-0.05, 0) is 70.7 Å². The molecule has 0 aliphatic carbocycles. The van der Waals surface area contributed by atoms with Crippen molar-refractivity contribution in [3.63, 3.8) is 0 Å². The second-order valence-corrected chi connectivity index (χ2v) is 9.12. The van der Waals surface area contributed by atoms with Crippen molar-refractivity contribution < 1.29 is 23.9 Å². The summed E-state index contributed by atoms with van der Waals surface area (Å²) in [6, 6.07) is 3.59. The Bertz CT molecular complexity index is 791. The summed E-state index contributed by atoms with van der Waals surface area (Å²) in [6.45, 7) is 9.88. The molecule has 0 spiro atoms. The summed E-state index contributed by atoms with van der Waals surface area (Å²) in [5, 5.41) is 6.12. The summed E-state index contributed by atoms with van der Waals surface area (Å²) in [5.41, 5.74) is 1.18. The molecule has 3 amide bonds. The van der Waals surface area contributed by atoms with Gasteiger partial charge in [0.25, 0.3) is 5.91 Å². The molecule has 0 bridgehead atoms. The zero-order chi connectivity index (χ0) is 23.2. The maximum absolute atomic E-state index is 12.3. The molecule has 2 N–H and O–H groups in total. The number of hydrogen-bond donors (Lipinski definition) is 2. The third-order valence-corrected chi connectivity index (χ3v) is 5.37. The van der Waals surface area contributed by atoms with Crippen LogP contribution in [-0.2, 0) is 14.3 Å². The second kappa shape index (κ2) is 10.7. The van der Waals surface area contributed by atoms with E-state index in [0.29, 0.717) is 36.7 Å². The molecule has 0 unspecified atom stereocenters. The number of ether oxygens (including phenoxy) is 2. The van der Waals surface area contributed by atoms with Crippen LogP contribution in [0, 0.1) is 13.8 Å². The van der Waals surface area contributed by atoms with Gasteiger partial charge in [-0.3, -0.25) is 9.59 Å². The first kappa shape index (κ1) is 24.8. The van der Waals surface area contributed by atoms with Crippen molar-refractivity contribution in [2.45, 2.75) is 59.1 Å². The number of benzene rings is 1. The maximum Gasteiger partial charge on any atom is 0.408 e. The second-order valence-electron chi connectivity index (χ2n) is 8.74. The lowest BCUT2D eigenvalue weighted by atomic mass is 10.0. The van der Waals surface area contributed by atoms with Crippen LogP contribution >= 0.6 is 11.6 Å². The topological polar surface area (TPSA) is 97.0 Å². The third-order valence-electron chi connectivity index (χ3n) is 4.78. The van der Waals surface area contributed by atoms with Crippen LogP contribution in [0.2, 0.25) is 5.02 Å². The lowest BCUT2D eigenvalue weighted by Crippen LogP contribution is -2.49. The Kier molecular flexibility index (Phi) is 8.56. The fourth-order valence-electron chi connectivity index (χ4n) is 3.25. The fraction of sp³-hybridized carbons (Fsp3) is 0.591. The number of nitrogens with one attached hydrogen (secondary N) is 2. The summed E-state index contributed by atoms with van der Waals surface area (Å²) in [4.78, 5) is 37.8. The van der Waals surface area contributed by atoms with Crippen molar-refractivity contribution in [3.05, 3.63) is 28.3 Å². The Morgan fingerprint density at radius 2 is 1.71 bits per heavy atom. The van der Waals surface area contributed by atoms with E-state index in [2.05, 4.69) is 10.6 Å². The van der Waals surface area contributed by atoms with E-state index in [4.69, 9.17) is 21.1 Å². The van der Waals surface area contributed by atoms with Crippen LogP contribution in [0.1, 0.15) is 44.7 Å². The Morgan fingerprint density at radius 1 is 1.13 bits per heavy atom. The summed E-state index contributed by atoms with van der Waals surface area (Å²) < 4.78 is 10.7. The molecule has 0 aromatic heterocycles. The average Bonchev–Trinajstić information content (AvgIpc) is 2.68. The number of piperidine rings is 1. The van der Waals surface area contributed by atoms with Gasteiger partial charge < -0.3 is 25.0 Å². The van der Waals surface area contributed by atoms with E-state index in [0.717, 1.165) is 11.1 Å². The van der Waals surface area contributed by atoms with Crippen LogP contribution in [0.3, 0.4) is 0 Å². The minimum Gasteiger partial charge on any atom is -0.484 e. The highest BCUT2D eigenvalue weighted by molar-refractivity contribution is 6.32. The van der Waals surface area contributed by atoms with Gasteiger partial charge in [-0.15, -0.1) is 0 Å². The fourth-order valence-corrected chi connectivity index (χ4v) is 3.36. The summed E-state index contributed by atoms with van der Waals surface area (Å²) in [5.74, 6) is 0.224. The number of likely N-dealkylation sites (tertiary alicyclic amines) is 1. The van der Waals surface area contributed by atoms with Gasteiger partial charge in [0.2, 0.25) is 5.91 Å². The molecule has 172 valence electrons. The normalized spacial score (nSPS) is 14.7. The van der Waals surface area contributed by atoms with Gasteiger partial charge in [0.1, 0.15) is 17.9 Å². The van der Waals surface area contributed by atoms with Gasteiger partial charge >= 0.3 is 6.09 Å². The van der Waals surface area contributed by atoms with Crippen LogP contribution in [0.5, 0.6) is 5.75 Å². The number of aryl methyl sites for hydroxylation is 2. The molecule has 0 atom stereocenters. The monoisotopic (exact) mass is 453 g/mol. The Hall–Kier alpha value is -2.48. The average molecular weight is 454 g/mol. The number of nitrogens with zero attached hydrogens (tertiary/aromatic N) is 1.